The summed E-state index contributed by atoms with van der Waals surface area (Å²) in [5, 5.41) is 4.84. The number of nitrogens with zero attached hydrogens (tertiary/aromatic N) is 1. The van der Waals surface area contributed by atoms with Crippen LogP contribution in [0.4, 0.5) is 0 Å². The number of nitrogens with two attached hydrogens (primary N) is 2. The van der Waals surface area contributed by atoms with Gasteiger partial charge in [0.1, 0.15) is 5.76 Å². The van der Waals surface area contributed by atoms with Gasteiger partial charge in [-0.05, 0) is 90.4 Å². The van der Waals surface area contributed by atoms with E-state index in [1.807, 2.05) is 24.0 Å². The van der Waals surface area contributed by atoms with E-state index in [1.54, 1.807) is 0 Å². The van der Waals surface area contributed by atoms with Gasteiger partial charge in [-0.2, -0.15) is 0 Å². The summed E-state index contributed by atoms with van der Waals surface area (Å²) < 4.78 is 5.68. The Morgan fingerprint density at radius 1 is 0.854 bits per heavy atom. The second-order valence-corrected chi connectivity index (χ2v) is 11.8. The van der Waals surface area contributed by atoms with Gasteiger partial charge in [-0.3, -0.25) is 9.59 Å². The molecule has 4 rings (SSSR count). The van der Waals surface area contributed by atoms with Gasteiger partial charge >= 0.3 is 5.97 Å². The topological polar surface area (TPSA) is 98.6 Å². The van der Waals surface area contributed by atoms with Crippen LogP contribution in [-0.4, -0.2) is 41.9 Å². The molecule has 220 valence electrons. The van der Waals surface area contributed by atoms with Crippen molar-refractivity contribution in [2.45, 2.75) is 96.6 Å². The molecule has 2 aromatic carbocycles. The molecule has 1 amide bonds. The zero-order valence-electron chi connectivity index (χ0n) is 24.9. The van der Waals surface area contributed by atoms with Crippen LogP contribution in [0.5, 0.6) is 0 Å². The van der Waals surface area contributed by atoms with Crippen LogP contribution in [0.25, 0.3) is 29.0 Å². The molecule has 2 atom stereocenters. The van der Waals surface area contributed by atoms with Crippen LogP contribution in [0.15, 0.2) is 42.2 Å². The number of rotatable bonds is 16. The Bertz CT molecular complexity index is 1400. The van der Waals surface area contributed by atoms with Crippen molar-refractivity contribution in [3.63, 3.8) is 0 Å². The molecule has 0 aromatic heterocycles. The minimum atomic E-state index is -0.294. The molecule has 0 spiro atoms. The molecule has 0 saturated carbocycles. The second-order valence-electron chi connectivity index (χ2n) is 11.8. The van der Waals surface area contributed by atoms with Crippen molar-refractivity contribution in [2.75, 3.05) is 13.1 Å². The Morgan fingerprint density at radius 3 is 2.39 bits per heavy atom. The fraction of sp³-hybridized carbons (Fsp3) is 0.486. The standard InChI is InChI=1S/C35H47N3O3/c1-25(36)10-6-4-3-5-7-22-38(23-21-26(2)37)34(39)13-9-14-35(40)41-29-17-20-31-28(24-29)16-19-32-30-12-8-11-27(30)15-18-33(31)32/h8,11-12,15-19,24-26H,3-7,9-10,13-14,20-23,36-37H2,1-2H3. The summed E-state index contributed by atoms with van der Waals surface area (Å²) in [6.45, 7) is 5.43. The lowest BCUT2D eigenvalue weighted by Gasteiger charge is -2.24. The minimum absolute atomic E-state index is 0.0535. The van der Waals surface area contributed by atoms with Crippen molar-refractivity contribution in [1.29, 1.82) is 0 Å². The predicted octanol–water partition coefficient (Wildman–Crippen LogP) is 4.83. The molecular formula is C35H47N3O3. The third kappa shape index (κ3) is 8.88. The number of amides is 1. The third-order valence-corrected chi connectivity index (χ3v) is 8.07. The van der Waals surface area contributed by atoms with E-state index >= 15 is 0 Å². The first-order chi connectivity index (χ1) is 19.8. The number of carbonyl (C=O) groups is 2. The summed E-state index contributed by atoms with van der Waals surface area (Å²) in [7, 11) is 0. The number of hydrogen-bond donors (Lipinski definition) is 2. The lowest BCUT2D eigenvalue weighted by atomic mass is 9.94. The zero-order valence-corrected chi connectivity index (χ0v) is 24.9. The van der Waals surface area contributed by atoms with Crippen LogP contribution in [0.2, 0.25) is 0 Å². The van der Waals surface area contributed by atoms with Gasteiger partial charge in [0.2, 0.25) is 5.91 Å². The van der Waals surface area contributed by atoms with E-state index < -0.39 is 0 Å². The molecule has 0 radical (unpaired) electrons. The average molecular weight is 558 g/mol. The van der Waals surface area contributed by atoms with Crippen molar-refractivity contribution in [1.82, 2.24) is 4.90 Å². The first-order valence-electron chi connectivity index (χ1n) is 15.5. The Kier molecular flexibility index (Phi) is 11.3. The lowest BCUT2D eigenvalue weighted by Crippen LogP contribution is -2.35. The van der Waals surface area contributed by atoms with Crippen molar-refractivity contribution >= 4 is 40.9 Å². The molecule has 0 saturated heterocycles. The Morgan fingerprint density at radius 2 is 1.59 bits per heavy atom. The smallest absolute Gasteiger partial charge is 0.311 e. The van der Waals surface area contributed by atoms with Crippen LogP contribution < -0.4 is 21.9 Å². The molecule has 0 fully saturated rings. The van der Waals surface area contributed by atoms with Gasteiger partial charge in [-0.25, -0.2) is 0 Å². The highest BCUT2D eigenvalue weighted by Crippen LogP contribution is 2.23. The number of hydrogen-bond acceptors (Lipinski definition) is 5. The number of ether oxygens (including phenoxy) is 1. The summed E-state index contributed by atoms with van der Waals surface area (Å²) in [5.74, 6) is 0.387. The fourth-order valence-corrected chi connectivity index (χ4v) is 5.70. The number of benzene rings is 2. The molecule has 2 unspecified atom stereocenters. The highest BCUT2D eigenvalue weighted by molar-refractivity contribution is 5.96. The molecule has 4 N–H and O–H groups in total. The number of allylic oxidation sites excluding steroid dienone is 3. The number of carbonyl (C=O) groups excluding carboxylic acids is 2. The number of unbranched alkanes of at least 4 members (excludes halogenated alkanes) is 4. The van der Waals surface area contributed by atoms with Crippen LogP contribution in [0, 0.1) is 0 Å². The Balaban J connectivity index is 1.23. The van der Waals surface area contributed by atoms with Gasteiger partial charge in [0.15, 0.2) is 0 Å². The van der Waals surface area contributed by atoms with Crippen LogP contribution in [0.3, 0.4) is 0 Å². The van der Waals surface area contributed by atoms with E-state index in [0.29, 0.717) is 25.1 Å². The highest BCUT2D eigenvalue weighted by atomic mass is 16.5. The quantitative estimate of drug-likeness (QED) is 0.227. The van der Waals surface area contributed by atoms with Gasteiger partial charge in [0.25, 0.3) is 0 Å². The molecule has 2 aliphatic rings. The van der Waals surface area contributed by atoms with Crippen molar-refractivity contribution in [3.05, 3.63) is 63.7 Å². The number of esters is 1. The van der Waals surface area contributed by atoms with Crippen molar-refractivity contribution in [3.8, 4) is 0 Å². The van der Waals surface area contributed by atoms with Crippen LogP contribution in [0.1, 0.15) is 89.2 Å². The van der Waals surface area contributed by atoms with E-state index in [-0.39, 0.29) is 30.4 Å². The van der Waals surface area contributed by atoms with E-state index in [4.69, 9.17) is 16.2 Å². The molecule has 41 heavy (non-hydrogen) atoms. The van der Waals surface area contributed by atoms with Gasteiger partial charge in [-0.15, -0.1) is 0 Å². The predicted molar refractivity (Wildman–Crippen MR) is 169 cm³/mol. The lowest BCUT2D eigenvalue weighted by molar-refractivity contribution is -0.139. The normalized spacial score (nSPS) is 14.9. The molecule has 0 bridgehead atoms. The van der Waals surface area contributed by atoms with Crippen LogP contribution in [-0.2, 0) is 20.7 Å². The average Bonchev–Trinajstić information content (AvgIpc) is 3.43. The maximum atomic E-state index is 13.0. The van der Waals surface area contributed by atoms with Gasteiger partial charge in [-0.1, -0.05) is 68.2 Å². The van der Waals surface area contributed by atoms with Crippen molar-refractivity contribution < 1.29 is 14.3 Å². The molecule has 0 aliphatic heterocycles. The highest BCUT2D eigenvalue weighted by Gasteiger charge is 2.17. The monoisotopic (exact) mass is 557 g/mol. The van der Waals surface area contributed by atoms with Gasteiger partial charge in [0.05, 0.1) is 0 Å². The summed E-state index contributed by atoms with van der Waals surface area (Å²) in [5.41, 5.74) is 14.3. The summed E-state index contributed by atoms with van der Waals surface area (Å²) in [4.78, 5) is 27.5. The number of fused-ring (bicyclic) bond motifs is 5. The maximum Gasteiger partial charge on any atom is 0.311 e. The summed E-state index contributed by atoms with van der Waals surface area (Å²) in [6.07, 6.45) is 19.5. The first-order valence-corrected chi connectivity index (χ1v) is 15.5. The molecule has 2 aromatic rings. The van der Waals surface area contributed by atoms with E-state index in [0.717, 1.165) is 50.3 Å². The minimum Gasteiger partial charge on any atom is -0.427 e. The van der Waals surface area contributed by atoms with Crippen LogP contribution >= 0.6 is 0 Å². The van der Waals surface area contributed by atoms with Crippen molar-refractivity contribution in [2.24, 2.45) is 11.5 Å². The fourth-order valence-electron chi connectivity index (χ4n) is 5.70. The van der Waals surface area contributed by atoms with E-state index in [9.17, 15) is 9.59 Å². The second kappa shape index (κ2) is 15.1. The maximum absolute atomic E-state index is 13.0. The Labute approximate surface area is 244 Å². The Hall–Kier alpha value is -3.22. The molecule has 0 heterocycles. The SMILES string of the molecule is CC(N)CCCCCCCN(CCC(C)N)C(=O)CCCC(=O)OC1=CCc2c(ccc3c4c(ccc23)=CC=C4)=C1. The van der Waals surface area contributed by atoms with E-state index in [1.165, 1.54) is 40.0 Å². The molecule has 2 aliphatic carbocycles. The first kappa shape index (κ1) is 30.7. The van der Waals surface area contributed by atoms with Gasteiger partial charge in [0, 0.05) is 38.0 Å². The molecule has 6 nitrogen and oxygen atoms in total. The molecular weight excluding hydrogens is 510 g/mol. The summed E-state index contributed by atoms with van der Waals surface area (Å²) in [6, 6.07) is 8.95. The van der Waals surface area contributed by atoms with E-state index in [2.05, 4.69) is 49.4 Å². The third-order valence-electron chi connectivity index (χ3n) is 8.07. The largest absolute Gasteiger partial charge is 0.427 e. The zero-order chi connectivity index (χ0) is 29.2. The molecule has 6 heteroatoms. The van der Waals surface area contributed by atoms with Gasteiger partial charge < -0.3 is 21.1 Å². The summed E-state index contributed by atoms with van der Waals surface area (Å²) >= 11 is 0.